The smallest absolute Gasteiger partial charge is 0.325 e. The van der Waals surface area contributed by atoms with Gasteiger partial charge in [0.05, 0.1) is 7.11 Å². The second kappa shape index (κ2) is 6.17. The van der Waals surface area contributed by atoms with E-state index in [0.717, 1.165) is 32.1 Å². The van der Waals surface area contributed by atoms with Gasteiger partial charge in [0.15, 0.2) is 11.7 Å². The van der Waals surface area contributed by atoms with Crippen molar-refractivity contribution in [3.63, 3.8) is 0 Å². The number of Topliss-reactive ketones (excluding diaryl/α,β-unsaturated/α-hetero) is 1. The number of amides is 1. The van der Waals surface area contributed by atoms with Gasteiger partial charge in [0, 0.05) is 41.5 Å². The van der Waals surface area contributed by atoms with E-state index in [9.17, 15) is 14.4 Å². The van der Waals surface area contributed by atoms with Gasteiger partial charge in [0.25, 0.3) is 0 Å². The number of esters is 1. The molecule has 1 spiro atoms. The number of rotatable bonds is 1. The first-order valence-electron chi connectivity index (χ1n) is 6.00. The summed E-state index contributed by atoms with van der Waals surface area (Å²) in [6, 6.07) is 0. The van der Waals surface area contributed by atoms with Gasteiger partial charge in [-0.3, -0.25) is 14.4 Å². The number of piperidine rings is 1. The number of hydrogen-bond acceptors (Lipinski definition) is 4. The molecular weight excluding hydrogens is 245 g/mol. The van der Waals surface area contributed by atoms with E-state index in [1.165, 1.54) is 7.11 Å². The minimum Gasteiger partial charge on any atom is -0.468 e. The van der Waals surface area contributed by atoms with Crippen LogP contribution in [0.4, 0.5) is 0 Å². The molecule has 1 saturated carbocycles. The summed E-state index contributed by atoms with van der Waals surface area (Å²) in [4.78, 5) is 35.1. The van der Waals surface area contributed by atoms with E-state index in [0.29, 0.717) is 0 Å². The Labute approximate surface area is 128 Å². The summed E-state index contributed by atoms with van der Waals surface area (Å²) in [5.74, 6) is -2.80. The van der Waals surface area contributed by atoms with Gasteiger partial charge in [-0.15, -0.1) is 0 Å². The summed E-state index contributed by atoms with van der Waals surface area (Å²) in [6.07, 6.45) is 5.12. The summed E-state index contributed by atoms with van der Waals surface area (Å²) in [6.45, 7) is 0. The molecule has 6 heteroatoms. The first-order chi connectivity index (χ1) is 8.08. The van der Waals surface area contributed by atoms with E-state index in [2.05, 4.69) is 10.1 Å². The molecule has 1 aliphatic carbocycles. The van der Waals surface area contributed by atoms with Crippen molar-refractivity contribution in [3.05, 3.63) is 0 Å². The van der Waals surface area contributed by atoms with E-state index in [-0.39, 0.29) is 41.8 Å². The second-order valence-corrected chi connectivity index (χ2v) is 4.93. The third-order valence-electron chi connectivity index (χ3n) is 3.73. The molecule has 1 heterocycles. The third kappa shape index (κ3) is 2.95. The van der Waals surface area contributed by atoms with Crippen molar-refractivity contribution in [2.45, 2.75) is 44.1 Å². The summed E-state index contributed by atoms with van der Waals surface area (Å²) in [5.41, 5.74) is -0.392. The van der Waals surface area contributed by atoms with Gasteiger partial charge >= 0.3 is 5.97 Å². The molecule has 1 atom stereocenters. The van der Waals surface area contributed by atoms with E-state index >= 15 is 0 Å². The molecule has 0 aromatic rings. The molecule has 1 N–H and O–H groups in total. The van der Waals surface area contributed by atoms with Crippen LogP contribution in [-0.2, 0) is 19.1 Å². The van der Waals surface area contributed by atoms with Gasteiger partial charge in [0.1, 0.15) is 0 Å². The van der Waals surface area contributed by atoms with Crippen molar-refractivity contribution in [1.82, 2.24) is 5.32 Å². The van der Waals surface area contributed by atoms with Crippen LogP contribution >= 0.6 is 0 Å². The Morgan fingerprint density at radius 1 is 1.28 bits per heavy atom. The van der Waals surface area contributed by atoms with Crippen LogP contribution in [0, 0.1) is 5.92 Å². The maximum absolute atomic E-state index is 11.9. The van der Waals surface area contributed by atoms with E-state index in [1.807, 2.05) is 0 Å². The maximum atomic E-state index is 11.9. The molecule has 0 aromatic heterocycles. The van der Waals surface area contributed by atoms with Gasteiger partial charge in [0.2, 0.25) is 5.91 Å². The molecule has 2 aliphatic rings. The third-order valence-corrected chi connectivity index (χ3v) is 3.73. The van der Waals surface area contributed by atoms with Crippen molar-refractivity contribution in [2.75, 3.05) is 7.11 Å². The second-order valence-electron chi connectivity index (χ2n) is 4.93. The zero-order valence-electron chi connectivity index (χ0n) is 11.0. The van der Waals surface area contributed by atoms with Gasteiger partial charge in [-0.1, -0.05) is 19.3 Å². The molecule has 1 unspecified atom stereocenters. The minimum atomic E-state index is -1.26. The van der Waals surface area contributed by atoms with Crippen molar-refractivity contribution in [3.8, 4) is 0 Å². The van der Waals surface area contributed by atoms with Crippen LogP contribution < -0.4 is 5.32 Å². The summed E-state index contributed by atoms with van der Waals surface area (Å²) in [7, 11) is 1.19. The first kappa shape index (κ1) is 15.7. The van der Waals surface area contributed by atoms with E-state index in [1.54, 1.807) is 0 Å². The van der Waals surface area contributed by atoms with Crippen molar-refractivity contribution >= 4 is 47.2 Å². The molecule has 1 aliphatic heterocycles. The number of methoxy groups -OCH3 is 1. The summed E-state index contributed by atoms with van der Waals surface area (Å²) in [5, 5.41) is 2.87. The Hall–Kier alpha value is -0.390. The predicted molar refractivity (Wildman–Crippen MR) is 64.8 cm³/mol. The van der Waals surface area contributed by atoms with Crippen LogP contribution in [0.3, 0.4) is 0 Å². The number of carbonyl (C=O) groups excluding carboxylic acids is 3. The molecule has 0 bridgehead atoms. The van der Waals surface area contributed by atoms with Crippen molar-refractivity contribution in [1.29, 1.82) is 0 Å². The number of nitrogens with one attached hydrogen (secondary N) is 1. The number of hydrogen-bond donors (Lipinski definition) is 1. The Morgan fingerprint density at radius 3 is 2.39 bits per heavy atom. The Balaban J connectivity index is 0.00000162. The Morgan fingerprint density at radius 2 is 1.89 bits per heavy atom. The van der Waals surface area contributed by atoms with Crippen LogP contribution in [0.5, 0.6) is 0 Å². The maximum Gasteiger partial charge on any atom is 0.325 e. The average molecular weight is 262 g/mol. The average Bonchev–Trinajstić information content (AvgIpc) is 2.28. The zero-order valence-corrected chi connectivity index (χ0v) is 13.0. The number of ether oxygens (including phenoxy) is 1. The zero-order chi connectivity index (χ0) is 12.5. The van der Waals surface area contributed by atoms with Gasteiger partial charge < -0.3 is 10.1 Å². The number of carbonyl (C=O) groups is 3. The molecule has 1 saturated heterocycles. The molecule has 2 fully saturated rings. The monoisotopic (exact) mass is 262 g/mol. The molecule has 95 valence electrons. The fraction of sp³-hybridized carbons (Fsp3) is 0.750. The Bertz CT molecular complexity index is 343. The van der Waals surface area contributed by atoms with Crippen molar-refractivity contribution < 1.29 is 19.1 Å². The minimum absolute atomic E-state index is 0. The standard InChI is InChI=1S/C12H17NO4.Na/c1-17-11(16)9-8(14)7-12(13-10(9)15)5-3-2-4-6-12;/h9H,2-7H2,1H3,(H,13,15);. The fourth-order valence-electron chi connectivity index (χ4n) is 2.85. The fourth-order valence-corrected chi connectivity index (χ4v) is 2.85. The first-order valence-corrected chi connectivity index (χ1v) is 6.00. The topological polar surface area (TPSA) is 72.5 Å². The molecule has 1 amide bonds. The van der Waals surface area contributed by atoms with Gasteiger partial charge in [-0.25, -0.2) is 0 Å². The van der Waals surface area contributed by atoms with Gasteiger partial charge in [-0.05, 0) is 12.8 Å². The quantitative estimate of drug-likeness (QED) is 0.416. The van der Waals surface area contributed by atoms with Crippen LogP contribution in [0.1, 0.15) is 38.5 Å². The molecule has 18 heavy (non-hydrogen) atoms. The van der Waals surface area contributed by atoms with Crippen LogP contribution in [0.25, 0.3) is 0 Å². The molecule has 2 rings (SSSR count). The molecule has 5 nitrogen and oxygen atoms in total. The van der Waals surface area contributed by atoms with E-state index < -0.39 is 23.3 Å². The molecular formula is C12H17NNaO4. The largest absolute Gasteiger partial charge is 0.468 e. The SMILES string of the molecule is COC(=O)C1C(=O)CC2(CCCCC2)NC1=O.[Na]. The summed E-state index contributed by atoms with van der Waals surface area (Å²) >= 11 is 0. The summed E-state index contributed by atoms with van der Waals surface area (Å²) < 4.78 is 4.49. The van der Waals surface area contributed by atoms with Crippen LogP contribution in [0.2, 0.25) is 0 Å². The predicted octanol–water partition coefficient (Wildman–Crippen LogP) is 0.187. The van der Waals surface area contributed by atoms with E-state index in [4.69, 9.17) is 0 Å². The normalized spacial score (nSPS) is 26.2. The van der Waals surface area contributed by atoms with Gasteiger partial charge in [-0.2, -0.15) is 0 Å². The Kier molecular flexibility index (Phi) is 5.37. The number of ketones is 1. The molecule has 0 aromatic carbocycles. The molecule has 1 radical (unpaired) electrons. The van der Waals surface area contributed by atoms with Crippen LogP contribution in [-0.4, -0.2) is 59.9 Å². The van der Waals surface area contributed by atoms with Crippen LogP contribution in [0.15, 0.2) is 0 Å². The van der Waals surface area contributed by atoms with Crippen molar-refractivity contribution in [2.24, 2.45) is 5.92 Å².